The number of benzene rings is 1. The molecular formula is C22H21ClN4S3. The molecule has 3 aromatic rings. The van der Waals surface area contributed by atoms with Crippen LogP contribution in [0.2, 0.25) is 5.02 Å². The average molecular weight is 473 g/mol. The molecule has 1 aliphatic rings. The molecule has 0 saturated heterocycles. The van der Waals surface area contributed by atoms with Crippen molar-refractivity contribution in [3.8, 4) is 0 Å². The van der Waals surface area contributed by atoms with Crippen molar-refractivity contribution in [2.45, 2.75) is 39.3 Å². The summed E-state index contributed by atoms with van der Waals surface area (Å²) in [4.78, 5) is 14.5. The maximum Gasteiger partial charge on any atom is 0.148 e. The average Bonchev–Trinajstić information content (AvgIpc) is 3.09. The molecular weight excluding hydrogens is 452 g/mol. The zero-order valence-electron chi connectivity index (χ0n) is 16.5. The summed E-state index contributed by atoms with van der Waals surface area (Å²) in [5.74, 6) is 0.848. The van der Waals surface area contributed by atoms with Crippen molar-refractivity contribution < 1.29 is 0 Å². The van der Waals surface area contributed by atoms with Crippen LogP contribution in [0.25, 0.3) is 0 Å². The maximum absolute atomic E-state index is 6.44. The van der Waals surface area contributed by atoms with E-state index in [1.54, 1.807) is 35.3 Å². The van der Waals surface area contributed by atoms with Crippen LogP contribution < -0.4 is 10.6 Å². The molecule has 0 spiro atoms. The highest BCUT2D eigenvalue weighted by atomic mass is 35.5. The molecule has 0 aliphatic carbocycles. The zero-order chi connectivity index (χ0) is 21.1. The third-order valence-electron chi connectivity index (χ3n) is 4.52. The predicted octanol–water partition coefficient (Wildman–Crippen LogP) is 6.79. The number of hydrogen-bond acceptors (Lipinski definition) is 7. The number of anilines is 1. The van der Waals surface area contributed by atoms with Crippen molar-refractivity contribution in [3.05, 3.63) is 82.7 Å². The van der Waals surface area contributed by atoms with Crippen LogP contribution >= 0.6 is 46.9 Å². The van der Waals surface area contributed by atoms with Gasteiger partial charge in [-0.05, 0) is 49.6 Å². The van der Waals surface area contributed by atoms with E-state index in [0.29, 0.717) is 0 Å². The van der Waals surface area contributed by atoms with E-state index in [4.69, 9.17) is 22.3 Å². The molecule has 4 rings (SSSR count). The molecule has 0 bridgehead atoms. The van der Waals surface area contributed by atoms with Gasteiger partial charge in [-0.25, -0.2) is 4.98 Å². The topological polar surface area (TPSA) is 55.0 Å². The first kappa shape index (κ1) is 21.6. The van der Waals surface area contributed by atoms with Gasteiger partial charge in [-0.3, -0.25) is 4.98 Å². The van der Waals surface area contributed by atoms with E-state index in [0.717, 1.165) is 36.9 Å². The van der Waals surface area contributed by atoms with Gasteiger partial charge >= 0.3 is 0 Å². The van der Waals surface area contributed by atoms with Crippen molar-refractivity contribution >= 4 is 52.7 Å². The Morgan fingerprint density at radius 3 is 2.63 bits per heavy atom. The van der Waals surface area contributed by atoms with Crippen LogP contribution in [0, 0.1) is 0 Å². The quantitative estimate of drug-likeness (QED) is 0.396. The van der Waals surface area contributed by atoms with E-state index in [-0.39, 0.29) is 10.7 Å². The Labute approximate surface area is 194 Å². The number of allylic oxidation sites excluding steroid dienone is 1. The second-order valence-corrected chi connectivity index (χ2v) is 10.6. The molecule has 0 fully saturated rings. The molecule has 1 aliphatic heterocycles. The van der Waals surface area contributed by atoms with Crippen LogP contribution in [0.4, 0.5) is 5.82 Å². The highest BCUT2D eigenvalue weighted by Crippen LogP contribution is 2.44. The Morgan fingerprint density at radius 1 is 1.13 bits per heavy atom. The lowest BCUT2D eigenvalue weighted by Gasteiger charge is -2.26. The minimum absolute atomic E-state index is 0.186. The molecule has 2 atom stereocenters. The highest BCUT2D eigenvalue weighted by molar-refractivity contribution is 8.03. The lowest BCUT2D eigenvalue weighted by Crippen LogP contribution is -2.35. The number of thioether (sulfide) groups is 2. The lowest BCUT2D eigenvalue weighted by molar-refractivity contribution is 0.847. The Balaban J connectivity index is 1.68. The summed E-state index contributed by atoms with van der Waals surface area (Å²) in [7, 11) is 0. The van der Waals surface area contributed by atoms with Gasteiger partial charge in [0.25, 0.3) is 0 Å². The van der Waals surface area contributed by atoms with Crippen LogP contribution in [-0.4, -0.2) is 15.5 Å². The minimum atomic E-state index is -0.186. The first-order chi connectivity index (χ1) is 14.5. The van der Waals surface area contributed by atoms with Crippen molar-refractivity contribution in [1.29, 1.82) is 0 Å². The molecule has 4 nitrogen and oxygen atoms in total. The second kappa shape index (κ2) is 9.66. The van der Waals surface area contributed by atoms with E-state index < -0.39 is 0 Å². The smallest absolute Gasteiger partial charge is 0.148 e. The summed E-state index contributed by atoms with van der Waals surface area (Å²) in [6.45, 7) is 4.21. The number of rotatable bonds is 6. The summed E-state index contributed by atoms with van der Waals surface area (Å²) < 4.78 is 0. The number of hydrogen-bond donors (Lipinski definition) is 1. The van der Waals surface area contributed by atoms with Gasteiger partial charge in [0.2, 0.25) is 0 Å². The van der Waals surface area contributed by atoms with Gasteiger partial charge in [0.1, 0.15) is 11.3 Å². The van der Waals surface area contributed by atoms with Crippen LogP contribution in [0.1, 0.15) is 24.8 Å². The lowest BCUT2D eigenvalue weighted by atomic mass is 10.3. The van der Waals surface area contributed by atoms with Crippen molar-refractivity contribution in [1.82, 2.24) is 9.97 Å². The second-order valence-electron chi connectivity index (χ2n) is 6.70. The van der Waals surface area contributed by atoms with Gasteiger partial charge in [0.15, 0.2) is 0 Å². The predicted molar refractivity (Wildman–Crippen MR) is 130 cm³/mol. The van der Waals surface area contributed by atoms with Gasteiger partial charge in [-0.2, -0.15) is 0 Å². The summed E-state index contributed by atoms with van der Waals surface area (Å²) >= 11 is 11.4. The number of halogens is 1. The molecule has 0 saturated carbocycles. The highest BCUT2D eigenvalue weighted by Gasteiger charge is 2.26. The molecule has 0 amide bonds. The SMILES string of the molecule is CC1=CSC(N)N1c1ncc(SC(C)c2ccccn2)cc1Sc1ccccc1Cl. The normalized spacial score (nSPS) is 17.1. The molecule has 2 N–H and O–H groups in total. The zero-order valence-corrected chi connectivity index (χ0v) is 19.7. The van der Waals surface area contributed by atoms with Crippen LogP contribution in [0.5, 0.6) is 0 Å². The molecule has 2 unspecified atom stereocenters. The maximum atomic E-state index is 6.44. The van der Waals surface area contributed by atoms with E-state index in [9.17, 15) is 0 Å². The number of nitrogens with zero attached hydrogens (tertiary/aromatic N) is 3. The summed E-state index contributed by atoms with van der Waals surface area (Å²) in [6.07, 6.45) is 3.74. The van der Waals surface area contributed by atoms with Crippen molar-refractivity contribution in [2.24, 2.45) is 5.73 Å². The van der Waals surface area contributed by atoms with Crippen LogP contribution in [0.3, 0.4) is 0 Å². The van der Waals surface area contributed by atoms with Crippen LogP contribution in [-0.2, 0) is 0 Å². The van der Waals surface area contributed by atoms with Crippen molar-refractivity contribution in [3.63, 3.8) is 0 Å². The fourth-order valence-electron chi connectivity index (χ4n) is 3.04. The number of aromatic nitrogens is 2. The molecule has 1 aromatic carbocycles. The van der Waals surface area contributed by atoms with E-state index in [2.05, 4.69) is 35.2 Å². The first-order valence-corrected chi connectivity index (χ1v) is 12.4. The number of pyridine rings is 2. The monoisotopic (exact) mass is 472 g/mol. The Morgan fingerprint density at radius 2 is 1.93 bits per heavy atom. The number of nitrogens with two attached hydrogens (primary N) is 1. The van der Waals surface area contributed by atoms with Gasteiger partial charge in [-0.1, -0.05) is 53.3 Å². The minimum Gasteiger partial charge on any atom is -0.303 e. The summed E-state index contributed by atoms with van der Waals surface area (Å²) in [5, 5.41) is 3.01. The van der Waals surface area contributed by atoms with Crippen LogP contribution in [0.15, 0.2) is 86.7 Å². The van der Waals surface area contributed by atoms with Crippen molar-refractivity contribution in [2.75, 3.05) is 4.90 Å². The molecule has 154 valence electrons. The third kappa shape index (κ3) is 4.81. The Hall–Kier alpha value is -1.64. The first-order valence-electron chi connectivity index (χ1n) is 9.40. The standard InChI is InChI=1S/C22H21ClN4S3/c1-14-13-28-22(24)27(14)21-20(30-19-9-4-3-7-17(19)23)11-16(12-26-21)29-15(2)18-8-5-6-10-25-18/h3-13,15,22H,24H2,1-2H3. The van der Waals surface area contributed by atoms with E-state index in [1.807, 2.05) is 54.9 Å². The largest absolute Gasteiger partial charge is 0.303 e. The van der Waals surface area contributed by atoms with Gasteiger partial charge in [0, 0.05) is 33.1 Å². The summed E-state index contributed by atoms with van der Waals surface area (Å²) in [6, 6.07) is 16.0. The van der Waals surface area contributed by atoms with Gasteiger partial charge in [0.05, 0.1) is 15.6 Å². The fourth-order valence-corrected chi connectivity index (χ4v) is 6.15. The molecule has 30 heavy (non-hydrogen) atoms. The molecule has 8 heteroatoms. The van der Waals surface area contributed by atoms with Gasteiger partial charge < -0.3 is 10.6 Å². The molecule has 2 aromatic heterocycles. The Bertz CT molecular complexity index is 1060. The van der Waals surface area contributed by atoms with Gasteiger partial charge in [-0.15, -0.1) is 11.8 Å². The third-order valence-corrected chi connectivity index (χ3v) is 8.12. The van der Waals surface area contributed by atoms with E-state index >= 15 is 0 Å². The Kier molecular flexibility index (Phi) is 6.95. The molecule has 3 heterocycles. The summed E-state index contributed by atoms with van der Waals surface area (Å²) in [5.41, 5.74) is 8.28. The molecule has 0 radical (unpaired) electrons. The van der Waals surface area contributed by atoms with E-state index in [1.165, 1.54) is 0 Å². The fraction of sp³-hybridized carbons (Fsp3) is 0.182.